The molecule has 0 spiro atoms. The van der Waals surface area contributed by atoms with Gasteiger partial charge < -0.3 is 26.4 Å². The van der Waals surface area contributed by atoms with Gasteiger partial charge in [-0.05, 0) is 47.7 Å². The second kappa shape index (κ2) is 10.1. The highest BCUT2D eigenvalue weighted by Gasteiger charge is 2.27. The van der Waals surface area contributed by atoms with E-state index in [1.165, 1.54) is 10.6 Å². The van der Waals surface area contributed by atoms with Crippen molar-refractivity contribution in [2.75, 3.05) is 17.7 Å². The number of hydrogen-bond acceptors (Lipinski definition) is 11. The highest BCUT2D eigenvalue weighted by Crippen LogP contribution is 2.34. The first-order valence-electron chi connectivity index (χ1n) is 13.2. The molecule has 0 unspecified atom stereocenters. The van der Waals surface area contributed by atoms with Crippen LogP contribution in [0.1, 0.15) is 50.1 Å². The number of nitrogens with one attached hydrogen (secondary N) is 4. The molecule has 16 nitrogen and oxygen atoms in total. The number of fused-ring (bicyclic) bond motifs is 3. The summed E-state index contributed by atoms with van der Waals surface area (Å²) in [5.41, 5.74) is 9.56. The number of amides is 3. The number of aromatic nitrogens is 6. The van der Waals surface area contributed by atoms with Gasteiger partial charge in [-0.3, -0.25) is 23.9 Å². The molecule has 216 valence electrons. The van der Waals surface area contributed by atoms with Crippen LogP contribution in [0.3, 0.4) is 0 Å². The Hall–Kier alpha value is -6.06. The molecule has 1 aliphatic carbocycles. The summed E-state index contributed by atoms with van der Waals surface area (Å²) in [5, 5.41) is 16.3. The molecule has 43 heavy (non-hydrogen) atoms. The van der Waals surface area contributed by atoms with Crippen LogP contribution in [-0.4, -0.2) is 54.1 Å². The van der Waals surface area contributed by atoms with E-state index in [1.807, 2.05) is 12.1 Å². The van der Waals surface area contributed by atoms with E-state index in [4.69, 9.17) is 10.5 Å². The molecule has 0 saturated carbocycles. The van der Waals surface area contributed by atoms with Gasteiger partial charge in [0.25, 0.3) is 23.5 Å². The Kier molecular flexibility index (Phi) is 6.07. The first kappa shape index (κ1) is 25.9. The topological polar surface area (TPSA) is 225 Å². The van der Waals surface area contributed by atoms with Crippen LogP contribution in [0.25, 0.3) is 17.2 Å². The van der Waals surface area contributed by atoms with E-state index in [1.54, 1.807) is 24.3 Å². The predicted molar refractivity (Wildman–Crippen MR) is 148 cm³/mol. The number of anilines is 2. The SMILES string of the molecule is Nc1nc2nc(C(=O)N[C@H]3CCc4cc(-c5noc(=O)[nH]5)ccc43)cc(C(=O)NCc3ccc4c(c3)NC(=O)CO4)n2n1. The summed E-state index contributed by atoms with van der Waals surface area (Å²) in [4.78, 5) is 60.5. The van der Waals surface area contributed by atoms with Gasteiger partial charge in [0.05, 0.1) is 11.7 Å². The van der Waals surface area contributed by atoms with Gasteiger partial charge in [0.2, 0.25) is 5.95 Å². The van der Waals surface area contributed by atoms with E-state index in [-0.39, 0.29) is 48.2 Å². The lowest BCUT2D eigenvalue weighted by atomic mass is 10.0. The van der Waals surface area contributed by atoms with E-state index < -0.39 is 17.6 Å². The molecule has 0 saturated heterocycles. The number of nitrogen functional groups attached to an aromatic ring is 1. The van der Waals surface area contributed by atoms with Crippen molar-refractivity contribution in [1.29, 1.82) is 0 Å². The van der Waals surface area contributed by atoms with Crippen molar-refractivity contribution in [2.45, 2.75) is 25.4 Å². The minimum absolute atomic E-state index is 0.00649. The van der Waals surface area contributed by atoms with E-state index in [0.29, 0.717) is 41.2 Å². The van der Waals surface area contributed by atoms with Crippen LogP contribution in [0, 0.1) is 0 Å². The number of nitrogens with zero attached hydrogens (tertiary/aromatic N) is 5. The molecule has 4 heterocycles. The van der Waals surface area contributed by atoms with Crippen LogP contribution in [-0.2, 0) is 17.8 Å². The predicted octanol–water partition coefficient (Wildman–Crippen LogP) is 0.728. The van der Waals surface area contributed by atoms with Crippen molar-refractivity contribution in [1.82, 2.24) is 40.4 Å². The molecular weight excluding hydrogens is 560 g/mol. The number of hydrogen-bond donors (Lipinski definition) is 5. The van der Waals surface area contributed by atoms with Gasteiger partial charge >= 0.3 is 5.76 Å². The van der Waals surface area contributed by atoms with Crippen LogP contribution in [0.5, 0.6) is 5.75 Å². The molecule has 1 aliphatic heterocycles. The van der Waals surface area contributed by atoms with Crippen molar-refractivity contribution in [2.24, 2.45) is 0 Å². The number of ether oxygens (including phenoxy) is 1. The zero-order chi connectivity index (χ0) is 29.7. The number of nitrogens with two attached hydrogens (primary N) is 1. The fourth-order valence-electron chi connectivity index (χ4n) is 5.18. The van der Waals surface area contributed by atoms with Gasteiger partial charge in [-0.15, -0.1) is 5.10 Å². The molecule has 0 bridgehead atoms. The highest BCUT2D eigenvalue weighted by atomic mass is 16.5. The molecule has 0 fully saturated rings. The molecule has 3 amide bonds. The Morgan fingerprint density at radius 3 is 2.81 bits per heavy atom. The normalized spacial score (nSPS) is 15.3. The summed E-state index contributed by atoms with van der Waals surface area (Å²) in [6.45, 7) is 0.0553. The third kappa shape index (κ3) is 4.90. The zero-order valence-corrected chi connectivity index (χ0v) is 22.2. The van der Waals surface area contributed by atoms with E-state index >= 15 is 0 Å². The number of carbonyl (C=O) groups is 3. The van der Waals surface area contributed by atoms with E-state index in [9.17, 15) is 19.2 Å². The maximum absolute atomic E-state index is 13.4. The number of aromatic amines is 1. The van der Waals surface area contributed by atoms with Crippen molar-refractivity contribution in [3.05, 3.63) is 81.1 Å². The molecule has 1 atom stereocenters. The van der Waals surface area contributed by atoms with E-state index in [2.05, 4.69) is 45.7 Å². The Morgan fingerprint density at radius 1 is 1.09 bits per heavy atom. The minimum atomic E-state index is -0.642. The molecule has 16 heteroatoms. The van der Waals surface area contributed by atoms with Crippen LogP contribution in [0.4, 0.5) is 11.6 Å². The zero-order valence-electron chi connectivity index (χ0n) is 22.2. The summed E-state index contributed by atoms with van der Waals surface area (Å²) < 4.78 is 11.1. The summed E-state index contributed by atoms with van der Waals surface area (Å²) in [6.07, 6.45) is 1.33. The van der Waals surface area contributed by atoms with Crippen molar-refractivity contribution < 1.29 is 23.6 Å². The monoisotopic (exact) mass is 582 g/mol. The first-order valence-corrected chi connectivity index (χ1v) is 13.2. The Morgan fingerprint density at radius 2 is 1.98 bits per heavy atom. The van der Waals surface area contributed by atoms with Gasteiger partial charge in [-0.25, -0.2) is 9.78 Å². The number of H-pyrrole nitrogens is 1. The van der Waals surface area contributed by atoms with Crippen LogP contribution >= 0.6 is 0 Å². The fourth-order valence-corrected chi connectivity index (χ4v) is 5.18. The standard InChI is InChI=1S/C27H22N10O6/c28-25-34-26-32-18(23(39)31-16-5-3-13-8-14(2-4-15(13)16)22-33-27(41)43-36-22)9-19(37(26)35-25)24(40)29-10-12-1-6-20-17(7-12)30-21(38)11-42-20/h1-2,4,6-9,16H,3,5,10-11H2,(H2,28,35)(H,29,40)(H,30,38)(H,31,39)(H,33,36,41)/t16-/m0/s1. The van der Waals surface area contributed by atoms with Gasteiger partial charge in [-0.1, -0.05) is 23.4 Å². The average Bonchev–Trinajstić information content (AvgIpc) is 3.72. The lowest BCUT2D eigenvalue weighted by Crippen LogP contribution is -2.30. The number of carbonyl (C=O) groups excluding carboxylic acids is 3. The molecule has 2 aliphatic rings. The summed E-state index contributed by atoms with van der Waals surface area (Å²) >= 11 is 0. The van der Waals surface area contributed by atoms with Crippen molar-refractivity contribution in [3.63, 3.8) is 0 Å². The fraction of sp³-hybridized carbons (Fsp3) is 0.185. The smallest absolute Gasteiger partial charge is 0.439 e. The first-order chi connectivity index (χ1) is 20.8. The molecule has 2 aromatic carbocycles. The van der Waals surface area contributed by atoms with Gasteiger partial charge in [0.1, 0.15) is 17.1 Å². The molecule has 6 N–H and O–H groups in total. The molecule has 5 aromatic rings. The number of rotatable bonds is 6. The Bertz CT molecular complexity index is 2010. The average molecular weight is 583 g/mol. The second-order valence-corrected chi connectivity index (χ2v) is 9.98. The molecular formula is C27H22N10O6. The Labute approximate surface area is 240 Å². The summed E-state index contributed by atoms with van der Waals surface area (Å²) in [7, 11) is 0. The third-order valence-electron chi connectivity index (χ3n) is 7.16. The molecule has 7 rings (SSSR count). The largest absolute Gasteiger partial charge is 0.482 e. The van der Waals surface area contributed by atoms with Crippen LogP contribution in [0.2, 0.25) is 0 Å². The van der Waals surface area contributed by atoms with Gasteiger partial charge in [0.15, 0.2) is 12.4 Å². The van der Waals surface area contributed by atoms with Gasteiger partial charge in [-0.2, -0.15) is 9.50 Å². The molecule has 3 aromatic heterocycles. The second-order valence-electron chi connectivity index (χ2n) is 9.98. The number of aryl methyl sites for hydroxylation is 1. The van der Waals surface area contributed by atoms with Crippen LogP contribution in [0.15, 0.2) is 51.8 Å². The lowest BCUT2D eigenvalue weighted by molar-refractivity contribution is -0.118. The maximum Gasteiger partial charge on any atom is 0.439 e. The Balaban J connectivity index is 1.10. The van der Waals surface area contributed by atoms with Gasteiger partial charge in [0, 0.05) is 18.2 Å². The van der Waals surface area contributed by atoms with Crippen LogP contribution < -0.4 is 32.2 Å². The quantitative estimate of drug-likeness (QED) is 0.188. The molecule has 0 radical (unpaired) electrons. The van der Waals surface area contributed by atoms with Crippen molar-refractivity contribution in [3.8, 4) is 17.1 Å². The highest BCUT2D eigenvalue weighted by molar-refractivity contribution is 5.98. The summed E-state index contributed by atoms with van der Waals surface area (Å²) in [5.74, 6) is -1.23. The maximum atomic E-state index is 13.4. The third-order valence-corrected chi connectivity index (χ3v) is 7.16. The number of benzene rings is 2. The summed E-state index contributed by atoms with van der Waals surface area (Å²) in [6, 6.07) is 11.7. The lowest BCUT2D eigenvalue weighted by Gasteiger charge is -2.18. The minimum Gasteiger partial charge on any atom is -0.482 e. The van der Waals surface area contributed by atoms with E-state index in [0.717, 1.165) is 11.1 Å². The van der Waals surface area contributed by atoms with Crippen molar-refractivity contribution >= 4 is 35.1 Å².